The van der Waals surface area contributed by atoms with Gasteiger partial charge in [0.2, 0.25) is 11.8 Å². The highest BCUT2D eigenvalue weighted by molar-refractivity contribution is 7.80. The summed E-state index contributed by atoms with van der Waals surface area (Å²) in [6.07, 6.45) is 5.83. The molecule has 5 nitrogen and oxygen atoms in total. The Hall–Kier alpha value is -1.95. The van der Waals surface area contributed by atoms with Crippen LogP contribution in [0.5, 0.6) is 0 Å². The van der Waals surface area contributed by atoms with E-state index in [4.69, 9.17) is 12.2 Å². The van der Waals surface area contributed by atoms with Crippen molar-refractivity contribution >= 4 is 40.5 Å². The van der Waals surface area contributed by atoms with Crippen molar-refractivity contribution in [1.82, 2.24) is 5.32 Å². The van der Waals surface area contributed by atoms with Crippen molar-refractivity contribution in [3.63, 3.8) is 0 Å². The van der Waals surface area contributed by atoms with Gasteiger partial charge < -0.3 is 16.0 Å². The maximum Gasteiger partial charge on any atom is 0.226 e. The lowest BCUT2D eigenvalue weighted by atomic mass is 10.2. The molecule has 0 aliphatic rings. The third-order valence-electron chi connectivity index (χ3n) is 3.42. The molecule has 0 saturated carbocycles. The van der Waals surface area contributed by atoms with Crippen LogP contribution in [0.25, 0.3) is 0 Å². The third-order valence-corrected chi connectivity index (χ3v) is 3.63. The van der Waals surface area contributed by atoms with Crippen LogP contribution in [0.3, 0.4) is 0 Å². The van der Waals surface area contributed by atoms with Gasteiger partial charge in [0.25, 0.3) is 0 Å². The Bertz CT molecular complexity index is 561. The largest absolute Gasteiger partial charge is 0.332 e. The van der Waals surface area contributed by atoms with Crippen LogP contribution in [0.2, 0.25) is 0 Å². The Kier molecular flexibility index (Phi) is 9.68. The van der Waals surface area contributed by atoms with Crippen LogP contribution in [0.15, 0.2) is 24.3 Å². The van der Waals surface area contributed by atoms with E-state index in [-0.39, 0.29) is 16.9 Å². The first kappa shape index (κ1) is 20.1. The lowest BCUT2D eigenvalue weighted by Crippen LogP contribution is -2.33. The van der Waals surface area contributed by atoms with Gasteiger partial charge in [-0.3, -0.25) is 9.59 Å². The fraction of sp³-hybridized carbons (Fsp3) is 0.500. The number of hydrogen-bond acceptors (Lipinski definition) is 3. The summed E-state index contributed by atoms with van der Waals surface area (Å²) in [7, 11) is 0. The normalized spacial score (nSPS) is 10.1. The minimum Gasteiger partial charge on any atom is -0.332 e. The van der Waals surface area contributed by atoms with Gasteiger partial charge in [-0.05, 0) is 43.3 Å². The molecule has 0 atom stereocenters. The van der Waals surface area contributed by atoms with Crippen LogP contribution in [-0.2, 0) is 9.59 Å². The van der Waals surface area contributed by atoms with Gasteiger partial charge in [-0.15, -0.1) is 0 Å². The lowest BCUT2D eigenvalue weighted by Gasteiger charge is -2.11. The Morgan fingerprint density at radius 3 is 2.21 bits per heavy atom. The number of amides is 2. The number of thiocarbonyl (C=S) groups is 1. The molecule has 132 valence electrons. The van der Waals surface area contributed by atoms with E-state index in [1.807, 2.05) is 18.2 Å². The topological polar surface area (TPSA) is 70.2 Å². The van der Waals surface area contributed by atoms with Crippen molar-refractivity contribution in [2.24, 2.45) is 0 Å². The highest BCUT2D eigenvalue weighted by Gasteiger charge is 2.06. The van der Waals surface area contributed by atoms with E-state index in [1.54, 1.807) is 6.07 Å². The average molecular weight is 350 g/mol. The zero-order chi connectivity index (χ0) is 17.8. The van der Waals surface area contributed by atoms with Crippen LogP contribution < -0.4 is 16.0 Å². The molecule has 0 unspecified atom stereocenters. The second kappa shape index (κ2) is 11.6. The summed E-state index contributed by atoms with van der Waals surface area (Å²) in [5, 5.41) is 8.76. The molecule has 0 saturated heterocycles. The summed E-state index contributed by atoms with van der Waals surface area (Å²) in [5.41, 5.74) is 1.43. The molecule has 0 fully saturated rings. The first-order chi connectivity index (χ1) is 11.5. The number of hydrogen-bond donors (Lipinski definition) is 3. The third kappa shape index (κ3) is 8.62. The number of carbonyl (C=O) groups is 2. The molecular weight excluding hydrogens is 322 g/mol. The predicted octanol–water partition coefficient (Wildman–Crippen LogP) is 4.21. The number of rotatable bonds is 9. The summed E-state index contributed by atoms with van der Waals surface area (Å²) in [4.78, 5) is 23.5. The standard InChI is InChI=1S/C18H27N3O2S/c1-3-5-7-12-17(23)21-18(24)20-15-10-8-9-14(13-15)19-16(22)11-6-4-2/h8-10,13H,3-7,11-12H2,1-2H3,(H,19,22)(H2,20,21,23,24). The molecule has 1 rings (SSSR count). The summed E-state index contributed by atoms with van der Waals surface area (Å²) >= 11 is 5.15. The van der Waals surface area contributed by atoms with E-state index in [9.17, 15) is 9.59 Å². The highest BCUT2D eigenvalue weighted by atomic mass is 32.1. The van der Waals surface area contributed by atoms with Gasteiger partial charge in [-0.1, -0.05) is 39.2 Å². The lowest BCUT2D eigenvalue weighted by molar-refractivity contribution is -0.119. The molecule has 2 amide bonds. The second-order valence-corrected chi connectivity index (χ2v) is 6.10. The quantitative estimate of drug-likeness (QED) is 0.461. The van der Waals surface area contributed by atoms with Crippen LogP contribution in [0, 0.1) is 0 Å². The van der Waals surface area contributed by atoms with Crippen LogP contribution in [0.1, 0.15) is 58.8 Å². The minimum absolute atomic E-state index is 0.000744. The Morgan fingerprint density at radius 1 is 0.917 bits per heavy atom. The van der Waals surface area contributed by atoms with Crippen molar-refractivity contribution in [2.45, 2.75) is 58.8 Å². The molecule has 0 aromatic heterocycles. The van der Waals surface area contributed by atoms with E-state index >= 15 is 0 Å². The fourth-order valence-corrected chi connectivity index (χ4v) is 2.35. The molecule has 0 radical (unpaired) electrons. The molecular formula is C18H27N3O2S. The van der Waals surface area contributed by atoms with Gasteiger partial charge in [-0.25, -0.2) is 0 Å². The van der Waals surface area contributed by atoms with Crippen molar-refractivity contribution in [3.05, 3.63) is 24.3 Å². The SMILES string of the molecule is CCCCCC(=O)NC(=S)Nc1cccc(NC(=O)CCCC)c1. The van der Waals surface area contributed by atoms with Crippen molar-refractivity contribution < 1.29 is 9.59 Å². The first-order valence-electron chi connectivity index (χ1n) is 8.56. The molecule has 0 heterocycles. The maximum absolute atomic E-state index is 11.8. The Balaban J connectivity index is 2.47. The van der Waals surface area contributed by atoms with E-state index in [2.05, 4.69) is 29.8 Å². The predicted molar refractivity (Wildman–Crippen MR) is 103 cm³/mol. The smallest absolute Gasteiger partial charge is 0.226 e. The fourth-order valence-electron chi connectivity index (χ4n) is 2.12. The number of unbranched alkanes of at least 4 members (excludes halogenated alkanes) is 3. The number of anilines is 2. The highest BCUT2D eigenvalue weighted by Crippen LogP contribution is 2.15. The average Bonchev–Trinajstić information content (AvgIpc) is 2.53. The monoisotopic (exact) mass is 349 g/mol. The number of carbonyl (C=O) groups excluding carboxylic acids is 2. The Labute approximate surface area is 149 Å². The van der Waals surface area contributed by atoms with E-state index in [0.717, 1.165) is 37.8 Å². The van der Waals surface area contributed by atoms with E-state index < -0.39 is 0 Å². The van der Waals surface area contributed by atoms with Gasteiger partial charge in [0.15, 0.2) is 5.11 Å². The van der Waals surface area contributed by atoms with Crippen molar-refractivity contribution in [1.29, 1.82) is 0 Å². The zero-order valence-electron chi connectivity index (χ0n) is 14.5. The van der Waals surface area contributed by atoms with Gasteiger partial charge in [0.05, 0.1) is 0 Å². The van der Waals surface area contributed by atoms with Crippen LogP contribution in [0.4, 0.5) is 11.4 Å². The number of nitrogens with one attached hydrogen (secondary N) is 3. The molecule has 1 aromatic rings. The summed E-state index contributed by atoms with van der Waals surface area (Å²) in [6, 6.07) is 7.27. The Morgan fingerprint density at radius 2 is 1.54 bits per heavy atom. The van der Waals surface area contributed by atoms with Gasteiger partial charge in [0.1, 0.15) is 0 Å². The van der Waals surface area contributed by atoms with E-state index in [0.29, 0.717) is 18.5 Å². The van der Waals surface area contributed by atoms with Crippen molar-refractivity contribution in [3.8, 4) is 0 Å². The van der Waals surface area contributed by atoms with E-state index in [1.165, 1.54) is 0 Å². The summed E-state index contributed by atoms with van der Waals surface area (Å²) in [6.45, 7) is 4.15. The minimum atomic E-state index is -0.0787. The van der Waals surface area contributed by atoms with Gasteiger partial charge in [-0.2, -0.15) is 0 Å². The van der Waals surface area contributed by atoms with Crippen LogP contribution in [-0.4, -0.2) is 16.9 Å². The maximum atomic E-state index is 11.8. The summed E-state index contributed by atoms with van der Waals surface area (Å²) in [5.74, 6) is -0.0780. The number of benzene rings is 1. The first-order valence-corrected chi connectivity index (χ1v) is 8.96. The van der Waals surface area contributed by atoms with Crippen LogP contribution >= 0.6 is 12.2 Å². The molecule has 1 aromatic carbocycles. The molecule has 0 aliphatic heterocycles. The molecule has 24 heavy (non-hydrogen) atoms. The van der Waals surface area contributed by atoms with Gasteiger partial charge >= 0.3 is 0 Å². The molecule has 0 aliphatic carbocycles. The zero-order valence-corrected chi connectivity index (χ0v) is 15.3. The second-order valence-electron chi connectivity index (χ2n) is 5.69. The molecule has 0 spiro atoms. The van der Waals surface area contributed by atoms with Gasteiger partial charge in [0, 0.05) is 24.2 Å². The molecule has 0 bridgehead atoms. The molecule has 3 N–H and O–H groups in total. The van der Waals surface area contributed by atoms with Crippen molar-refractivity contribution in [2.75, 3.05) is 10.6 Å². The summed E-state index contributed by atoms with van der Waals surface area (Å²) < 4.78 is 0. The molecule has 6 heteroatoms.